The van der Waals surface area contributed by atoms with Crippen LogP contribution in [0.15, 0.2) is 18.2 Å². The van der Waals surface area contributed by atoms with E-state index in [0.717, 1.165) is 0 Å². The van der Waals surface area contributed by atoms with Crippen LogP contribution in [0.25, 0.3) is 0 Å². The van der Waals surface area contributed by atoms with Crippen molar-refractivity contribution in [3.63, 3.8) is 0 Å². The lowest BCUT2D eigenvalue weighted by atomic mass is 10.0. The van der Waals surface area contributed by atoms with Crippen molar-refractivity contribution in [3.8, 4) is 5.75 Å². The largest absolute Gasteiger partial charge is 0.496 e. The molecule has 0 heterocycles. The Labute approximate surface area is 92.6 Å². The quantitative estimate of drug-likeness (QED) is 0.826. The summed E-state index contributed by atoms with van der Waals surface area (Å²) >= 11 is 5.93. The SMILES string of the molecule is COc1cccc(Cl)c1C(N)CC(=O)O. The first-order valence-electron chi connectivity index (χ1n) is 4.36. The third-order valence-corrected chi connectivity index (χ3v) is 2.33. The zero-order valence-electron chi connectivity index (χ0n) is 8.24. The average molecular weight is 230 g/mol. The Morgan fingerprint density at radius 2 is 2.33 bits per heavy atom. The fraction of sp³-hybridized carbons (Fsp3) is 0.300. The number of hydrogen-bond donors (Lipinski definition) is 2. The number of rotatable bonds is 4. The smallest absolute Gasteiger partial charge is 0.305 e. The fourth-order valence-corrected chi connectivity index (χ4v) is 1.65. The first kappa shape index (κ1) is 11.8. The van der Waals surface area contributed by atoms with E-state index in [2.05, 4.69) is 0 Å². The van der Waals surface area contributed by atoms with Gasteiger partial charge in [0.25, 0.3) is 0 Å². The molecule has 3 N–H and O–H groups in total. The van der Waals surface area contributed by atoms with Gasteiger partial charge in [-0.1, -0.05) is 17.7 Å². The molecule has 1 aromatic rings. The highest BCUT2D eigenvalue weighted by Gasteiger charge is 2.18. The number of carboxylic acids is 1. The molecule has 0 saturated carbocycles. The number of nitrogens with two attached hydrogens (primary N) is 1. The molecule has 15 heavy (non-hydrogen) atoms. The number of carbonyl (C=O) groups is 1. The summed E-state index contributed by atoms with van der Waals surface area (Å²) in [5, 5.41) is 9.06. The predicted molar refractivity (Wildman–Crippen MR) is 57.2 cm³/mol. The summed E-state index contributed by atoms with van der Waals surface area (Å²) in [6.07, 6.45) is -0.180. The lowest BCUT2D eigenvalue weighted by molar-refractivity contribution is -0.137. The molecule has 0 aromatic heterocycles. The van der Waals surface area contributed by atoms with Crippen LogP contribution in [0.2, 0.25) is 5.02 Å². The Morgan fingerprint density at radius 3 is 2.87 bits per heavy atom. The average Bonchev–Trinajstić information content (AvgIpc) is 2.15. The number of halogens is 1. The van der Waals surface area contributed by atoms with Gasteiger partial charge in [0.1, 0.15) is 5.75 Å². The summed E-state index contributed by atoms with van der Waals surface area (Å²) in [6, 6.07) is 4.41. The highest BCUT2D eigenvalue weighted by molar-refractivity contribution is 6.31. The van der Waals surface area contributed by atoms with E-state index in [0.29, 0.717) is 16.3 Å². The van der Waals surface area contributed by atoms with Crippen LogP contribution in [0.3, 0.4) is 0 Å². The van der Waals surface area contributed by atoms with Gasteiger partial charge in [0.2, 0.25) is 0 Å². The molecule has 0 radical (unpaired) electrons. The molecule has 4 nitrogen and oxygen atoms in total. The number of aliphatic carboxylic acids is 1. The molecule has 1 rings (SSSR count). The number of benzene rings is 1. The Hall–Kier alpha value is -1.26. The van der Waals surface area contributed by atoms with Crippen LogP contribution in [0.5, 0.6) is 5.75 Å². The van der Waals surface area contributed by atoms with Crippen molar-refractivity contribution in [1.82, 2.24) is 0 Å². The van der Waals surface area contributed by atoms with Crippen molar-refractivity contribution in [1.29, 1.82) is 0 Å². The van der Waals surface area contributed by atoms with E-state index >= 15 is 0 Å². The van der Waals surface area contributed by atoms with Crippen molar-refractivity contribution in [2.75, 3.05) is 7.11 Å². The van der Waals surface area contributed by atoms with E-state index in [1.54, 1.807) is 18.2 Å². The minimum absolute atomic E-state index is 0.180. The van der Waals surface area contributed by atoms with Gasteiger partial charge in [0.15, 0.2) is 0 Å². The van der Waals surface area contributed by atoms with Crippen LogP contribution in [0.4, 0.5) is 0 Å². The molecular formula is C10H12ClNO3. The molecule has 1 aromatic carbocycles. The van der Waals surface area contributed by atoms with E-state index < -0.39 is 12.0 Å². The molecule has 1 unspecified atom stereocenters. The monoisotopic (exact) mass is 229 g/mol. The highest BCUT2D eigenvalue weighted by atomic mass is 35.5. The van der Waals surface area contributed by atoms with Gasteiger partial charge in [-0.2, -0.15) is 0 Å². The minimum Gasteiger partial charge on any atom is -0.496 e. The van der Waals surface area contributed by atoms with Gasteiger partial charge in [0, 0.05) is 16.6 Å². The fourth-order valence-electron chi connectivity index (χ4n) is 1.35. The van der Waals surface area contributed by atoms with Gasteiger partial charge in [-0.05, 0) is 12.1 Å². The maximum Gasteiger partial charge on any atom is 0.305 e. The van der Waals surface area contributed by atoms with Crippen LogP contribution in [-0.4, -0.2) is 18.2 Å². The second-order valence-corrected chi connectivity index (χ2v) is 3.47. The Morgan fingerprint density at radius 1 is 1.67 bits per heavy atom. The molecule has 0 amide bonds. The molecule has 0 fully saturated rings. The number of methoxy groups -OCH3 is 1. The summed E-state index contributed by atoms with van der Waals surface area (Å²) in [6.45, 7) is 0. The summed E-state index contributed by atoms with van der Waals surface area (Å²) in [5.41, 5.74) is 6.26. The lowest BCUT2D eigenvalue weighted by Crippen LogP contribution is -2.16. The zero-order valence-corrected chi connectivity index (χ0v) is 8.99. The molecular weight excluding hydrogens is 218 g/mol. The maximum absolute atomic E-state index is 10.5. The number of hydrogen-bond acceptors (Lipinski definition) is 3. The Balaban J connectivity index is 3.05. The molecule has 0 aliphatic carbocycles. The predicted octanol–water partition coefficient (Wildman–Crippen LogP) is 1.82. The normalized spacial score (nSPS) is 12.2. The van der Waals surface area contributed by atoms with Crippen molar-refractivity contribution in [2.24, 2.45) is 5.73 Å². The molecule has 0 saturated heterocycles. The van der Waals surface area contributed by atoms with E-state index in [4.69, 9.17) is 27.2 Å². The summed E-state index contributed by atoms with van der Waals surface area (Å²) in [7, 11) is 1.49. The van der Waals surface area contributed by atoms with Crippen molar-refractivity contribution < 1.29 is 14.6 Å². The van der Waals surface area contributed by atoms with Gasteiger partial charge in [-0.3, -0.25) is 4.79 Å². The summed E-state index contributed by atoms with van der Waals surface area (Å²) in [4.78, 5) is 10.5. The molecule has 82 valence electrons. The van der Waals surface area contributed by atoms with E-state index in [1.165, 1.54) is 7.11 Å². The second-order valence-electron chi connectivity index (χ2n) is 3.06. The highest BCUT2D eigenvalue weighted by Crippen LogP contribution is 2.32. The van der Waals surface area contributed by atoms with Crippen LogP contribution in [0.1, 0.15) is 18.0 Å². The number of carboxylic acid groups (broad SMARTS) is 1. The summed E-state index contributed by atoms with van der Waals surface area (Å²) in [5.74, 6) is -0.458. The van der Waals surface area contributed by atoms with Crippen LogP contribution in [-0.2, 0) is 4.79 Å². The lowest BCUT2D eigenvalue weighted by Gasteiger charge is -2.15. The standard InChI is InChI=1S/C10H12ClNO3/c1-15-8-4-2-3-6(11)10(8)7(12)5-9(13)14/h2-4,7H,5,12H2,1H3,(H,13,14). The third-order valence-electron chi connectivity index (χ3n) is 2.00. The van der Waals surface area contributed by atoms with Gasteiger partial charge in [-0.25, -0.2) is 0 Å². The maximum atomic E-state index is 10.5. The van der Waals surface area contributed by atoms with E-state index in [-0.39, 0.29) is 6.42 Å². The van der Waals surface area contributed by atoms with Gasteiger partial charge >= 0.3 is 5.97 Å². The van der Waals surface area contributed by atoms with Crippen molar-refractivity contribution in [3.05, 3.63) is 28.8 Å². The molecule has 0 bridgehead atoms. The molecule has 1 atom stereocenters. The number of ether oxygens (including phenoxy) is 1. The van der Waals surface area contributed by atoms with Crippen molar-refractivity contribution >= 4 is 17.6 Å². The Bertz CT molecular complexity index is 368. The first-order valence-corrected chi connectivity index (χ1v) is 4.73. The topological polar surface area (TPSA) is 72.5 Å². The summed E-state index contributed by atoms with van der Waals surface area (Å²) < 4.78 is 5.07. The Kier molecular flexibility index (Phi) is 3.94. The van der Waals surface area contributed by atoms with E-state index in [9.17, 15) is 4.79 Å². The third kappa shape index (κ3) is 2.84. The second kappa shape index (κ2) is 5.00. The zero-order chi connectivity index (χ0) is 11.4. The molecule has 0 spiro atoms. The first-order chi connectivity index (χ1) is 7.06. The van der Waals surface area contributed by atoms with Gasteiger partial charge < -0.3 is 15.6 Å². The van der Waals surface area contributed by atoms with E-state index in [1.807, 2.05) is 0 Å². The van der Waals surface area contributed by atoms with Crippen LogP contribution < -0.4 is 10.5 Å². The minimum atomic E-state index is -0.968. The van der Waals surface area contributed by atoms with Crippen LogP contribution >= 0.6 is 11.6 Å². The molecule has 0 aliphatic heterocycles. The van der Waals surface area contributed by atoms with Gasteiger partial charge in [-0.15, -0.1) is 0 Å². The van der Waals surface area contributed by atoms with Crippen LogP contribution in [0, 0.1) is 0 Å². The van der Waals surface area contributed by atoms with Crippen molar-refractivity contribution in [2.45, 2.75) is 12.5 Å². The molecule has 5 heteroatoms. The van der Waals surface area contributed by atoms with Gasteiger partial charge in [0.05, 0.1) is 13.5 Å². The molecule has 0 aliphatic rings.